The quantitative estimate of drug-likeness (QED) is 0.521. The van der Waals surface area contributed by atoms with E-state index in [2.05, 4.69) is 0 Å². The van der Waals surface area contributed by atoms with Gasteiger partial charge in [0.2, 0.25) is 0 Å². The van der Waals surface area contributed by atoms with Crippen LogP contribution in [-0.4, -0.2) is 5.97 Å². The van der Waals surface area contributed by atoms with E-state index in [0.29, 0.717) is 16.7 Å². The van der Waals surface area contributed by atoms with Gasteiger partial charge in [0, 0.05) is 26.8 Å². The third-order valence-corrected chi connectivity index (χ3v) is 4.89. The fourth-order valence-electron chi connectivity index (χ4n) is 2.67. The Labute approximate surface area is 143 Å². The molecule has 2 aromatic heterocycles. The van der Waals surface area contributed by atoms with Crippen LogP contribution in [0.4, 0.5) is 0 Å². The number of fused-ring (bicyclic) bond motifs is 1. The van der Waals surface area contributed by atoms with Gasteiger partial charge in [0.1, 0.15) is 12.2 Å². The van der Waals surface area contributed by atoms with Gasteiger partial charge in [0.05, 0.1) is 5.56 Å². The molecule has 0 saturated carbocycles. The van der Waals surface area contributed by atoms with E-state index in [1.54, 1.807) is 11.3 Å². The minimum Gasteiger partial charge on any atom is -0.457 e. The van der Waals surface area contributed by atoms with Gasteiger partial charge >= 0.3 is 11.6 Å². The third-order valence-electron chi connectivity index (χ3n) is 3.92. The third kappa shape index (κ3) is 3.26. The maximum atomic E-state index is 12.3. The molecular weight excluding hydrogens is 324 g/mol. The fourth-order valence-corrected chi connectivity index (χ4v) is 3.58. The van der Waals surface area contributed by atoms with Gasteiger partial charge in [-0.15, -0.1) is 11.3 Å². The van der Waals surface area contributed by atoms with E-state index < -0.39 is 5.63 Å². The Morgan fingerprint density at radius 2 is 2.00 bits per heavy atom. The number of hydrogen-bond acceptors (Lipinski definition) is 5. The van der Waals surface area contributed by atoms with Crippen LogP contribution < -0.4 is 5.63 Å². The largest absolute Gasteiger partial charge is 0.457 e. The number of ether oxygens (including phenoxy) is 1. The first-order chi connectivity index (χ1) is 11.5. The molecule has 0 radical (unpaired) electrons. The first-order valence-electron chi connectivity index (χ1n) is 7.77. The second kappa shape index (κ2) is 6.61. The van der Waals surface area contributed by atoms with Crippen molar-refractivity contribution in [1.29, 1.82) is 0 Å². The zero-order valence-electron chi connectivity index (χ0n) is 13.8. The number of hydrogen-bond donors (Lipinski definition) is 0. The van der Waals surface area contributed by atoms with Gasteiger partial charge in [-0.05, 0) is 38.0 Å². The number of thiophene rings is 1. The molecule has 5 heteroatoms. The molecule has 0 unspecified atom stereocenters. The van der Waals surface area contributed by atoms with Crippen LogP contribution in [0, 0.1) is 13.8 Å². The topological polar surface area (TPSA) is 56.5 Å². The van der Waals surface area contributed by atoms with Crippen molar-refractivity contribution in [1.82, 2.24) is 0 Å². The van der Waals surface area contributed by atoms with Gasteiger partial charge in [-0.25, -0.2) is 9.59 Å². The van der Waals surface area contributed by atoms with E-state index in [1.165, 1.54) is 6.07 Å². The lowest BCUT2D eigenvalue weighted by Gasteiger charge is -2.08. The Bertz CT molecular complexity index is 965. The lowest BCUT2D eigenvalue weighted by molar-refractivity contribution is 0.0473. The van der Waals surface area contributed by atoms with Crippen molar-refractivity contribution in [2.24, 2.45) is 0 Å². The van der Waals surface area contributed by atoms with Crippen LogP contribution in [0.1, 0.15) is 38.2 Å². The summed E-state index contributed by atoms with van der Waals surface area (Å²) >= 11 is 1.56. The summed E-state index contributed by atoms with van der Waals surface area (Å²) in [7, 11) is 0. The molecule has 24 heavy (non-hydrogen) atoms. The van der Waals surface area contributed by atoms with Crippen LogP contribution in [0.15, 0.2) is 39.5 Å². The summed E-state index contributed by atoms with van der Waals surface area (Å²) < 4.78 is 10.7. The summed E-state index contributed by atoms with van der Waals surface area (Å²) in [6, 6.07) is 8.95. The highest BCUT2D eigenvalue weighted by atomic mass is 32.1. The van der Waals surface area contributed by atoms with Crippen LogP contribution >= 0.6 is 11.3 Å². The van der Waals surface area contributed by atoms with Crippen LogP contribution in [0.2, 0.25) is 0 Å². The molecule has 1 aromatic carbocycles. The molecule has 0 aliphatic heterocycles. The van der Waals surface area contributed by atoms with Crippen LogP contribution in [-0.2, 0) is 17.8 Å². The minimum absolute atomic E-state index is 0.0424. The fraction of sp³-hybridized carbons (Fsp3) is 0.263. The summed E-state index contributed by atoms with van der Waals surface area (Å²) in [5.74, 6) is -0.372. The summed E-state index contributed by atoms with van der Waals surface area (Å²) in [5.41, 5.74) is 2.41. The van der Waals surface area contributed by atoms with Crippen molar-refractivity contribution in [3.8, 4) is 0 Å². The highest BCUT2D eigenvalue weighted by Crippen LogP contribution is 2.23. The number of aryl methyl sites for hydroxylation is 3. The SMILES string of the molecule is CCc1ccc2c(COC(=O)c3cc(C)sc3C)cc(=O)oc2c1. The number of benzene rings is 1. The first kappa shape index (κ1) is 16.5. The molecule has 0 amide bonds. The predicted octanol–water partition coefficient (Wildman–Crippen LogP) is 4.39. The van der Waals surface area contributed by atoms with E-state index in [4.69, 9.17) is 9.15 Å². The van der Waals surface area contributed by atoms with Gasteiger partial charge in [0.15, 0.2) is 0 Å². The van der Waals surface area contributed by atoms with Crippen LogP contribution in [0.5, 0.6) is 0 Å². The van der Waals surface area contributed by atoms with Crippen molar-refractivity contribution in [2.45, 2.75) is 33.8 Å². The van der Waals surface area contributed by atoms with Crippen molar-refractivity contribution < 1.29 is 13.9 Å². The van der Waals surface area contributed by atoms with Gasteiger partial charge in [0.25, 0.3) is 0 Å². The molecule has 0 aliphatic rings. The van der Waals surface area contributed by atoms with Gasteiger partial charge in [-0.2, -0.15) is 0 Å². The second-order valence-electron chi connectivity index (χ2n) is 5.68. The molecule has 0 fully saturated rings. The summed E-state index contributed by atoms with van der Waals surface area (Å²) in [6.07, 6.45) is 0.857. The van der Waals surface area contributed by atoms with Crippen LogP contribution in [0.25, 0.3) is 11.0 Å². The maximum Gasteiger partial charge on any atom is 0.339 e. The molecule has 0 N–H and O–H groups in total. The van der Waals surface area contributed by atoms with Gasteiger partial charge < -0.3 is 9.15 Å². The standard InChI is InChI=1S/C19H18O4S/c1-4-13-5-6-15-14(9-18(20)23-17(15)8-13)10-22-19(21)16-7-11(2)24-12(16)3/h5-9H,4,10H2,1-3H3. The maximum absolute atomic E-state index is 12.3. The molecule has 0 aliphatic carbocycles. The van der Waals surface area contributed by atoms with E-state index in [-0.39, 0.29) is 12.6 Å². The Morgan fingerprint density at radius 3 is 2.67 bits per heavy atom. The Balaban J connectivity index is 1.88. The molecular formula is C19H18O4S. The Morgan fingerprint density at radius 1 is 1.21 bits per heavy atom. The van der Waals surface area contributed by atoms with E-state index in [0.717, 1.165) is 27.1 Å². The normalized spacial score (nSPS) is 11.0. The van der Waals surface area contributed by atoms with Crippen LogP contribution in [0.3, 0.4) is 0 Å². The Kier molecular flexibility index (Phi) is 4.53. The molecule has 3 aromatic rings. The van der Waals surface area contributed by atoms with E-state index >= 15 is 0 Å². The average Bonchev–Trinajstić information content (AvgIpc) is 2.90. The first-order valence-corrected chi connectivity index (χ1v) is 8.59. The lowest BCUT2D eigenvalue weighted by Crippen LogP contribution is -2.08. The van der Waals surface area contributed by atoms with E-state index in [1.807, 2.05) is 45.0 Å². The molecule has 4 nitrogen and oxygen atoms in total. The summed E-state index contributed by atoms with van der Waals surface area (Å²) in [6.45, 7) is 5.93. The second-order valence-corrected chi connectivity index (χ2v) is 7.14. The zero-order valence-corrected chi connectivity index (χ0v) is 14.7. The van der Waals surface area contributed by atoms with Gasteiger partial charge in [-0.1, -0.05) is 19.1 Å². The molecule has 2 heterocycles. The van der Waals surface area contributed by atoms with Crippen molar-refractivity contribution >= 4 is 28.3 Å². The molecule has 0 saturated heterocycles. The highest BCUT2D eigenvalue weighted by molar-refractivity contribution is 7.12. The summed E-state index contributed by atoms with van der Waals surface area (Å²) in [4.78, 5) is 26.0. The number of carbonyl (C=O) groups excluding carboxylic acids is 1. The molecule has 124 valence electrons. The van der Waals surface area contributed by atoms with E-state index in [9.17, 15) is 9.59 Å². The molecule has 3 rings (SSSR count). The molecule has 0 bridgehead atoms. The molecule has 0 atom stereocenters. The summed E-state index contributed by atoms with van der Waals surface area (Å²) in [5, 5.41) is 0.790. The minimum atomic E-state index is -0.440. The smallest absolute Gasteiger partial charge is 0.339 e. The Hall–Kier alpha value is -2.40. The lowest BCUT2D eigenvalue weighted by atomic mass is 10.1. The molecule has 0 spiro atoms. The zero-order chi connectivity index (χ0) is 17.3. The van der Waals surface area contributed by atoms with Crippen molar-refractivity contribution in [3.05, 3.63) is 67.2 Å². The van der Waals surface area contributed by atoms with Crippen molar-refractivity contribution in [3.63, 3.8) is 0 Å². The number of esters is 1. The highest BCUT2D eigenvalue weighted by Gasteiger charge is 2.15. The predicted molar refractivity (Wildman–Crippen MR) is 94.8 cm³/mol. The average molecular weight is 342 g/mol. The van der Waals surface area contributed by atoms with Crippen molar-refractivity contribution in [2.75, 3.05) is 0 Å². The monoisotopic (exact) mass is 342 g/mol. The number of rotatable bonds is 4. The van der Waals surface area contributed by atoms with Gasteiger partial charge in [-0.3, -0.25) is 0 Å². The number of carbonyl (C=O) groups is 1.